The van der Waals surface area contributed by atoms with Gasteiger partial charge in [0.25, 0.3) is 0 Å². The Morgan fingerprint density at radius 1 is 1.60 bits per heavy atom. The molecule has 1 aliphatic carbocycles. The molecule has 0 bridgehead atoms. The summed E-state index contributed by atoms with van der Waals surface area (Å²) < 4.78 is 0. The first-order valence-electron chi connectivity index (χ1n) is 5.13. The Labute approximate surface area is 89.2 Å². The highest BCUT2D eigenvalue weighted by Crippen LogP contribution is 2.45. The molecule has 0 unspecified atom stereocenters. The summed E-state index contributed by atoms with van der Waals surface area (Å²) in [5.41, 5.74) is 13.2. The van der Waals surface area contributed by atoms with Crippen LogP contribution in [0.2, 0.25) is 0 Å². The number of aromatic nitrogens is 1. The van der Waals surface area contributed by atoms with Gasteiger partial charge < -0.3 is 16.5 Å². The van der Waals surface area contributed by atoms with Gasteiger partial charge in [0.05, 0.1) is 5.35 Å². The minimum Gasteiger partial charge on any atom is -0.403 e. The molecule has 0 radical (unpaired) electrons. The molecule has 1 aromatic rings. The van der Waals surface area contributed by atoms with Crippen LogP contribution in [0.3, 0.4) is 0 Å². The average molecular weight is 203 g/mol. The van der Waals surface area contributed by atoms with Crippen molar-refractivity contribution in [1.29, 1.82) is 0 Å². The topological polar surface area (TPSA) is 67.8 Å². The van der Waals surface area contributed by atoms with E-state index in [2.05, 4.69) is 24.6 Å². The predicted molar refractivity (Wildman–Crippen MR) is 63.1 cm³/mol. The number of nitrogens with two attached hydrogens (primary N) is 2. The molecule has 1 saturated carbocycles. The molecule has 2 rings (SSSR count). The van der Waals surface area contributed by atoms with Gasteiger partial charge in [0.1, 0.15) is 0 Å². The molecule has 1 aliphatic rings. The second kappa shape index (κ2) is 3.19. The van der Waals surface area contributed by atoms with Gasteiger partial charge >= 0.3 is 0 Å². The van der Waals surface area contributed by atoms with Crippen molar-refractivity contribution in [3.8, 4) is 0 Å². The van der Waals surface area contributed by atoms with Crippen molar-refractivity contribution in [3.63, 3.8) is 0 Å². The smallest absolute Gasteiger partial charge is 0.0614 e. The van der Waals surface area contributed by atoms with Gasteiger partial charge in [-0.25, -0.2) is 0 Å². The molecule has 0 spiro atoms. The third kappa shape index (κ3) is 1.77. The van der Waals surface area contributed by atoms with E-state index in [1.165, 1.54) is 18.5 Å². The van der Waals surface area contributed by atoms with Crippen molar-refractivity contribution in [2.45, 2.75) is 25.2 Å². The first kappa shape index (κ1) is 9.90. The van der Waals surface area contributed by atoms with Gasteiger partial charge in [0.15, 0.2) is 0 Å². The fourth-order valence-corrected chi connectivity index (χ4v) is 1.73. The maximum atomic E-state index is 5.56. The Morgan fingerprint density at radius 2 is 2.27 bits per heavy atom. The van der Waals surface area contributed by atoms with Crippen molar-refractivity contribution < 1.29 is 0 Å². The standard InChI is InChI=1S/C12H17N3/c1-8(14)5-9-6-11(12(2)3-4-12)15-10(9)7-13/h5-7,15H,1,3-4,13-14H2,2H3/b9-5-,10-7+. The highest BCUT2D eigenvalue weighted by atomic mass is 14.8. The van der Waals surface area contributed by atoms with Crippen LogP contribution in [0.15, 0.2) is 18.3 Å². The molecule has 0 aliphatic heterocycles. The van der Waals surface area contributed by atoms with Gasteiger partial charge in [-0.1, -0.05) is 13.5 Å². The lowest BCUT2D eigenvalue weighted by Crippen LogP contribution is -2.24. The van der Waals surface area contributed by atoms with Crippen LogP contribution in [-0.2, 0) is 5.41 Å². The fraction of sp³-hybridized carbons (Fsp3) is 0.333. The summed E-state index contributed by atoms with van der Waals surface area (Å²) in [5, 5.41) is 1.94. The molecule has 1 fully saturated rings. The summed E-state index contributed by atoms with van der Waals surface area (Å²) in [6, 6.07) is 2.11. The first-order valence-corrected chi connectivity index (χ1v) is 5.13. The number of hydrogen-bond acceptors (Lipinski definition) is 2. The van der Waals surface area contributed by atoms with Crippen LogP contribution in [0.5, 0.6) is 0 Å². The summed E-state index contributed by atoms with van der Waals surface area (Å²) in [6.45, 7) is 5.92. The SMILES string of the molecule is C=C(N)/C=c1/cc(C2(C)CC2)[nH]/c1=C/N. The van der Waals surface area contributed by atoms with E-state index in [0.717, 1.165) is 10.6 Å². The third-order valence-corrected chi connectivity index (χ3v) is 3.04. The molecule has 1 heterocycles. The fourth-order valence-electron chi connectivity index (χ4n) is 1.73. The molecule has 0 atom stereocenters. The number of aromatic amines is 1. The zero-order valence-electron chi connectivity index (χ0n) is 9.01. The maximum absolute atomic E-state index is 5.56. The molecular formula is C12H17N3. The van der Waals surface area contributed by atoms with Crippen molar-refractivity contribution >= 4 is 12.3 Å². The average Bonchev–Trinajstić information content (AvgIpc) is 2.78. The highest BCUT2D eigenvalue weighted by molar-refractivity contribution is 5.45. The van der Waals surface area contributed by atoms with Crippen LogP contribution in [0.1, 0.15) is 25.5 Å². The Hall–Kier alpha value is -1.64. The van der Waals surface area contributed by atoms with Crippen LogP contribution in [0, 0.1) is 0 Å². The van der Waals surface area contributed by atoms with Crippen molar-refractivity contribution in [2.75, 3.05) is 0 Å². The zero-order valence-corrected chi connectivity index (χ0v) is 9.01. The lowest BCUT2D eigenvalue weighted by Gasteiger charge is -2.02. The molecule has 0 amide bonds. The zero-order chi connectivity index (χ0) is 11.1. The lowest BCUT2D eigenvalue weighted by atomic mass is 10.1. The van der Waals surface area contributed by atoms with Crippen LogP contribution in [-0.4, -0.2) is 4.98 Å². The van der Waals surface area contributed by atoms with Crippen LogP contribution in [0.4, 0.5) is 0 Å². The summed E-state index contributed by atoms with van der Waals surface area (Å²) in [4.78, 5) is 3.33. The van der Waals surface area contributed by atoms with Gasteiger partial charge in [0.2, 0.25) is 0 Å². The number of hydrogen-bond donors (Lipinski definition) is 3. The van der Waals surface area contributed by atoms with Crippen molar-refractivity contribution in [2.24, 2.45) is 11.5 Å². The van der Waals surface area contributed by atoms with E-state index in [4.69, 9.17) is 11.5 Å². The Kier molecular flexibility index (Phi) is 2.11. The Morgan fingerprint density at radius 3 is 2.73 bits per heavy atom. The van der Waals surface area contributed by atoms with Gasteiger partial charge in [-0.15, -0.1) is 0 Å². The summed E-state index contributed by atoms with van der Waals surface area (Å²) in [7, 11) is 0. The molecule has 3 heteroatoms. The number of H-pyrrole nitrogens is 1. The van der Waals surface area contributed by atoms with Crippen molar-refractivity contribution in [3.05, 3.63) is 34.6 Å². The molecule has 80 valence electrons. The third-order valence-electron chi connectivity index (χ3n) is 3.04. The second-order valence-corrected chi connectivity index (χ2v) is 4.50. The van der Waals surface area contributed by atoms with E-state index in [-0.39, 0.29) is 0 Å². The normalized spacial score (nSPS) is 20.6. The largest absolute Gasteiger partial charge is 0.403 e. The van der Waals surface area contributed by atoms with E-state index in [1.54, 1.807) is 6.20 Å². The molecular weight excluding hydrogens is 186 g/mol. The van der Waals surface area contributed by atoms with E-state index in [9.17, 15) is 0 Å². The van der Waals surface area contributed by atoms with Crippen LogP contribution < -0.4 is 22.0 Å². The second-order valence-electron chi connectivity index (χ2n) is 4.50. The molecule has 5 N–H and O–H groups in total. The minimum atomic E-state index is 0.319. The molecule has 15 heavy (non-hydrogen) atoms. The van der Waals surface area contributed by atoms with Gasteiger partial charge in [-0.3, -0.25) is 0 Å². The van der Waals surface area contributed by atoms with E-state index in [1.807, 2.05) is 6.08 Å². The number of allylic oxidation sites excluding steroid dienone is 1. The highest BCUT2D eigenvalue weighted by Gasteiger charge is 2.40. The van der Waals surface area contributed by atoms with E-state index < -0.39 is 0 Å². The van der Waals surface area contributed by atoms with Gasteiger partial charge in [-0.05, 0) is 25.0 Å². The van der Waals surface area contributed by atoms with Gasteiger partial charge in [-0.2, -0.15) is 0 Å². The summed E-state index contributed by atoms with van der Waals surface area (Å²) in [5.74, 6) is 0. The Balaban J connectivity index is 2.57. The van der Waals surface area contributed by atoms with Crippen LogP contribution in [0.25, 0.3) is 12.3 Å². The van der Waals surface area contributed by atoms with Gasteiger partial charge in [0, 0.05) is 28.2 Å². The molecule has 0 saturated heterocycles. The molecule has 0 aromatic carbocycles. The number of rotatable bonds is 2. The minimum absolute atomic E-state index is 0.319. The monoisotopic (exact) mass is 203 g/mol. The van der Waals surface area contributed by atoms with E-state index in [0.29, 0.717) is 11.1 Å². The number of nitrogens with one attached hydrogen (secondary N) is 1. The predicted octanol–water partition coefficient (Wildman–Crippen LogP) is 0.0158. The molecule has 1 aromatic heterocycles. The summed E-state index contributed by atoms with van der Waals surface area (Å²) >= 11 is 0. The maximum Gasteiger partial charge on any atom is 0.0614 e. The Bertz CT molecular complexity index is 503. The van der Waals surface area contributed by atoms with E-state index >= 15 is 0 Å². The summed E-state index contributed by atoms with van der Waals surface area (Å²) in [6.07, 6.45) is 5.88. The lowest BCUT2D eigenvalue weighted by molar-refractivity contribution is 0.755. The first-order chi connectivity index (χ1) is 7.05. The van der Waals surface area contributed by atoms with Crippen LogP contribution >= 0.6 is 0 Å². The van der Waals surface area contributed by atoms with Crippen molar-refractivity contribution in [1.82, 2.24) is 4.98 Å². The molecule has 3 nitrogen and oxygen atoms in total. The quantitative estimate of drug-likeness (QED) is 0.634.